The Hall–Kier alpha value is -2.25. The molecule has 114 valence electrons. The number of hydrogen-bond donors (Lipinski definition) is 0. The summed E-state index contributed by atoms with van der Waals surface area (Å²) in [5.41, 5.74) is 0.996. The minimum atomic E-state index is -0.471. The van der Waals surface area contributed by atoms with Gasteiger partial charge in [-0.25, -0.2) is 19.1 Å². The van der Waals surface area contributed by atoms with Crippen LogP contribution in [-0.2, 0) is 24.2 Å². The van der Waals surface area contributed by atoms with E-state index in [4.69, 9.17) is 4.74 Å². The summed E-state index contributed by atoms with van der Waals surface area (Å²) in [5.74, 6) is 0.791. The van der Waals surface area contributed by atoms with Crippen molar-refractivity contribution in [3.8, 4) is 0 Å². The molecule has 0 unspecified atom stereocenters. The van der Waals surface area contributed by atoms with Crippen LogP contribution in [0.3, 0.4) is 0 Å². The molecule has 0 bridgehead atoms. The van der Waals surface area contributed by atoms with Crippen molar-refractivity contribution >= 4 is 5.97 Å². The molecule has 21 heavy (non-hydrogen) atoms. The van der Waals surface area contributed by atoms with Crippen LogP contribution in [0.5, 0.6) is 0 Å². The highest BCUT2D eigenvalue weighted by Gasteiger charge is 2.20. The number of carbonyl (C=O) groups is 1. The van der Waals surface area contributed by atoms with Crippen LogP contribution in [0, 0.1) is 5.92 Å². The average Bonchev–Trinajstić information content (AvgIpc) is 3.05. The van der Waals surface area contributed by atoms with Gasteiger partial charge in [-0.2, -0.15) is 5.10 Å². The zero-order valence-corrected chi connectivity index (χ0v) is 12.8. The molecule has 0 aliphatic carbocycles. The van der Waals surface area contributed by atoms with Gasteiger partial charge in [-0.15, -0.1) is 5.10 Å². The summed E-state index contributed by atoms with van der Waals surface area (Å²) in [5, 5.41) is 12.2. The van der Waals surface area contributed by atoms with E-state index in [-0.39, 0.29) is 5.69 Å². The molecule has 0 atom stereocenters. The molecule has 0 amide bonds. The molecule has 2 aromatic rings. The summed E-state index contributed by atoms with van der Waals surface area (Å²) in [7, 11) is 1.33. The Balaban J connectivity index is 2.26. The van der Waals surface area contributed by atoms with Crippen molar-refractivity contribution in [3.63, 3.8) is 0 Å². The fraction of sp³-hybridized carbons (Fsp3) is 0.615. The lowest BCUT2D eigenvalue weighted by Gasteiger charge is -2.09. The van der Waals surface area contributed by atoms with Gasteiger partial charge in [-0.3, -0.25) is 0 Å². The molecule has 0 aromatic carbocycles. The van der Waals surface area contributed by atoms with Crippen LogP contribution in [0.15, 0.2) is 6.33 Å². The Kier molecular flexibility index (Phi) is 4.66. The number of aromatic nitrogens is 6. The largest absolute Gasteiger partial charge is 0.464 e. The number of esters is 1. The van der Waals surface area contributed by atoms with Crippen LogP contribution in [0.25, 0.3) is 0 Å². The van der Waals surface area contributed by atoms with Gasteiger partial charge in [-0.05, 0) is 12.3 Å². The van der Waals surface area contributed by atoms with Crippen molar-refractivity contribution in [2.45, 2.75) is 40.3 Å². The van der Waals surface area contributed by atoms with Crippen molar-refractivity contribution in [2.24, 2.45) is 5.92 Å². The monoisotopic (exact) mass is 292 g/mol. The topological polar surface area (TPSA) is 87.7 Å². The van der Waals surface area contributed by atoms with Crippen LogP contribution in [0.1, 0.15) is 42.8 Å². The third-order valence-corrected chi connectivity index (χ3v) is 3.08. The predicted molar refractivity (Wildman–Crippen MR) is 74.7 cm³/mol. The lowest BCUT2D eigenvalue weighted by Crippen LogP contribution is -2.16. The van der Waals surface area contributed by atoms with E-state index in [0.29, 0.717) is 18.9 Å². The van der Waals surface area contributed by atoms with Crippen LogP contribution in [0.4, 0.5) is 0 Å². The fourth-order valence-electron chi connectivity index (χ4n) is 2.11. The van der Waals surface area contributed by atoms with Gasteiger partial charge in [0.05, 0.1) is 12.8 Å². The smallest absolute Gasteiger partial charge is 0.360 e. The van der Waals surface area contributed by atoms with E-state index < -0.39 is 5.97 Å². The van der Waals surface area contributed by atoms with Crippen LogP contribution >= 0.6 is 0 Å². The van der Waals surface area contributed by atoms with Crippen molar-refractivity contribution < 1.29 is 9.53 Å². The summed E-state index contributed by atoms with van der Waals surface area (Å²) < 4.78 is 8.24. The molecule has 8 nitrogen and oxygen atoms in total. The normalized spacial score (nSPS) is 11.1. The minimum Gasteiger partial charge on any atom is -0.464 e. The van der Waals surface area contributed by atoms with Gasteiger partial charge in [0.1, 0.15) is 18.7 Å². The molecule has 0 radical (unpaired) electrons. The molecule has 2 aromatic heterocycles. The first kappa shape index (κ1) is 15.1. The first-order valence-electron chi connectivity index (χ1n) is 6.94. The van der Waals surface area contributed by atoms with E-state index in [2.05, 4.69) is 34.2 Å². The maximum Gasteiger partial charge on any atom is 0.360 e. The van der Waals surface area contributed by atoms with Crippen LogP contribution in [-0.4, -0.2) is 42.8 Å². The molecular weight excluding hydrogens is 272 g/mol. The Morgan fingerprint density at radius 2 is 2.14 bits per heavy atom. The molecule has 0 fully saturated rings. The van der Waals surface area contributed by atoms with Crippen molar-refractivity contribution in [2.75, 3.05) is 7.11 Å². The van der Waals surface area contributed by atoms with Gasteiger partial charge in [0.2, 0.25) is 0 Å². The second-order valence-corrected chi connectivity index (χ2v) is 5.14. The second kappa shape index (κ2) is 6.47. The molecule has 0 spiro atoms. The summed E-state index contributed by atoms with van der Waals surface area (Å²) in [6, 6.07) is 0. The maximum atomic E-state index is 11.7. The van der Waals surface area contributed by atoms with Gasteiger partial charge in [-0.1, -0.05) is 26.0 Å². The predicted octanol–water partition coefficient (Wildman–Crippen LogP) is 0.923. The highest BCUT2D eigenvalue weighted by atomic mass is 16.5. The van der Waals surface area contributed by atoms with E-state index in [1.165, 1.54) is 13.4 Å². The number of carbonyl (C=O) groups excluding carboxylic acids is 1. The number of hydrogen-bond acceptors (Lipinski definition) is 6. The lowest BCUT2D eigenvalue weighted by molar-refractivity contribution is 0.0592. The zero-order valence-electron chi connectivity index (χ0n) is 12.8. The Labute approximate surface area is 123 Å². The van der Waals surface area contributed by atoms with Gasteiger partial charge < -0.3 is 4.74 Å². The number of methoxy groups -OCH3 is 1. The van der Waals surface area contributed by atoms with Crippen LogP contribution in [0.2, 0.25) is 0 Å². The van der Waals surface area contributed by atoms with E-state index in [0.717, 1.165) is 18.1 Å². The van der Waals surface area contributed by atoms with Gasteiger partial charge in [0.25, 0.3) is 0 Å². The third kappa shape index (κ3) is 3.26. The Morgan fingerprint density at radius 1 is 1.38 bits per heavy atom. The van der Waals surface area contributed by atoms with Gasteiger partial charge >= 0.3 is 5.97 Å². The second-order valence-electron chi connectivity index (χ2n) is 5.14. The molecule has 0 aliphatic heterocycles. The van der Waals surface area contributed by atoms with Gasteiger partial charge in [0, 0.05) is 6.54 Å². The Bertz CT molecular complexity index is 616. The minimum absolute atomic E-state index is 0.259. The summed E-state index contributed by atoms with van der Waals surface area (Å²) in [4.78, 5) is 15.9. The van der Waals surface area contributed by atoms with Crippen molar-refractivity contribution in [3.05, 3.63) is 23.5 Å². The first-order chi connectivity index (χ1) is 10.1. The average molecular weight is 292 g/mol. The molecule has 2 rings (SSSR count). The van der Waals surface area contributed by atoms with E-state index in [1.54, 1.807) is 4.68 Å². The molecule has 2 heterocycles. The third-order valence-electron chi connectivity index (χ3n) is 3.08. The van der Waals surface area contributed by atoms with Gasteiger partial charge in [0.15, 0.2) is 5.69 Å². The first-order valence-corrected chi connectivity index (χ1v) is 6.94. The molecular formula is C13H20N6O2. The van der Waals surface area contributed by atoms with Crippen LogP contribution < -0.4 is 0 Å². The molecule has 0 saturated carbocycles. The quantitative estimate of drug-likeness (QED) is 0.736. The maximum absolute atomic E-state index is 11.7. The summed E-state index contributed by atoms with van der Waals surface area (Å²) in [6.45, 7) is 7.40. The Morgan fingerprint density at radius 3 is 2.76 bits per heavy atom. The summed E-state index contributed by atoms with van der Waals surface area (Å²) >= 11 is 0. The fourth-order valence-corrected chi connectivity index (χ4v) is 2.11. The molecule has 0 N–H and O–H groups in total. The van der Waals surface area contributed by atoms with E-state index in [9.17, 15) is 4.79 Å². The SMILES string of the molecule is CCc1c(C(=O)OC)nnn1Cc1ncnn1CC(C)C. The number of ether oxygens (including phenoxy) is 1. The van der Waals surface area contributed by atoms with Crippen molar-refractivity contribution in [1.29, 1.82) is 0 Å². The number of rotatable bonds is 6. The van der Waals surface area contributed by atoms with E-state index >= 15 is 0 Å². The lowest BCUT2D eigenvalue weighted by atomic mass is 10.2. The highest BCUT2D eigenvalue weighted by molar-refractivity contribution is 5.88. The van der Waals surface area contributed by atoms with E-state index in [1.807, 2.05) is 11.6 Å². The standard InChI is InChI=1S/C13H20N6O2/c1-5-10-12(13(20)21-4)16-17-18(10)7-11-14-8-15-19(11)6-9(2)3/h8-9H,5-7H2,1-4H3. The highest BCUT2D eigenvalue weighted by Crippen LogP contribution is 2.10. The molecule has 0 saturated heterocycles. The zero-order chi connectivity index (χ0) is 15.4. The van der Waals surface area contributed by atoms with Crippen molar-refractivity contribution in [1.82, 2.24) is 29.8 Å². The molecule has 0 aliphatic rings. The number of nitrogens with zero attached hydrogens (tertiary/aromatic N) is 6. The summed E-state index contributed by atoms with van der Waals surface area (Å²) in [6.07, 6.45) is 2.16. The molecule has 8 heteroatoms.